The molecular weight excluding hydrogens is 243 g/mol. The number of likely N-dealkylation sites (tertiary alicyclic amines) is 1. The molecule has 0 aliphatic carbocycles. The Labute approximate surface area is 113 Å². The van der Waals surface area contributed by atoms with Crippen LogP contribution in [-0.4, -0.2) is 30.4 Å². The zero-order chi connectivity index (χ0) is 13.8. The highest BCUT2D eigenvalue weighted by molar-refractivity contribution is 5.77. The summed E-state index contributed by atoms with van der Waals surface area (Å²) in [5.74, 6) is -0.189. The van der Waals surface area contributed by atoms with Crippen molar-refractivity contribution in [3.8, 4) is 0 Å². The van der Waals surface area contributed by atoms with Gasteiger partial charge in [-0.25, -0.2) is 4.39 Å². The molecule has 0 bridgehead atoms. The molecule has 0 saturated carbocycles. The smallest absolute Gasteiger partial charge is 0.222 e. The van der Waals surface area contributed by atoms with Crippen LogP contribution < -0.4 is 5.32 Å². The van der Waals surface area contributed by atoms with Crippen LogP contribution in [0.5, 0.6) is 0 Å². The van der Waals surface area contributed by atoms with Crippen molar-refractivity contribution in [3.05, 3.63) is 35.6 Å². The standard InChI is InChI=1S/C15H21FN2O/c1-11(12-5-7-13(16)8-6-12)17-15(19)10-14-4-3-9-18(14)2/h5-8,11,14H,3-4,9-10H2,1-2H3,(H,17,19)/t11?,14-/m0/s1. The lowest BCUT2D eigenvalue weighted by Gasteiger charge is -2.20. The minimum absolute atomic E-state index is 0.0653. The van der Waals surface area contributed by atoms with Gasteiger partial charge in [-0.05, 0) is 51.1 Å². The van der Waals surface area contributed by atoms with Crippen LogP contribution in [-0.2, 0) is 4.79 Å². The van der Waals surface area contributed by atoms with E-state index in [-0.39, 0.29) is 17.8 Å². The van der Waals surface area contributed by atoms with E-state index in [0.29, 0.717) is 12.5 Å². The molecule has 1 heterocycles. The van der Waals surface area contributed by atoms with Gasteiger partial charge in [0, 0.05) is 12.5 Å². The fraction of sp³-hybridized carbons (Fsp3) is 0.533. The Hall–Kier alpha value is -1.42. The second-order valence-electron chi connectivity index (χ2n) is 5.32. The van der Waals surface area contributed by atoms with Crippen LogP contribution in [0.3, 0.4) is 0 Å². The lowest BCUT2D eigenvalue weighted by Crippen LogP contribution is -2.34. The van der Waals surface area contributed by atoms with E-state index in [1.165, 1.54) is 18.6 Å². The van der Waals surface area contributed by atoms with Crippen LogP contribution in [0.25, 0.3) is 0 Å². The fourth-order valence-electron chi connectivity index (χ4n) is 2.59. The molecule has 1 saturated heterocycles. The number of nitrogens with one attached hydrogen (secondary N) is 1. The average Bonchev–Trinajstić information content (AvgIpc) is 2.75. The van der Waals surface area contributed by atoms with E-state index in [1.54, 1.807) is 12.1 Å². The normalized spacial score (nSPS) is 21.3. The highest BCUT2D eigenvalue weighted by Crippen LogP contribution is 2.19. The van der Waals surface area contributed by atoms with Gasteiger partial charge in [-0.1, -0.05) is 12.1 Å². The average molecular weight is 264 g/mol. The third-order valence-electron chi connectivity index (χ3n) is 3.84. The second-order valence-corrected chi connectivity index (χ2v) is 5.32. The fourth-order valence-corrected chi connectivity index (χ4v) is 2.59. The van der Waals surface area contributed by atoms with Crippen molar-refractivity contribution >= 4 is 5.91 Å². The lowest BCUT2D eigenvalue weighted by atomic mass is 10.1. The summed E-state index contributed by atoms with van der Waals surface area (Å²) in [5.41, 5.74) is 0.925. The quantitative estimate of drug-likeness (QED) is 0.906. The minimum Gasteiger partial charge on any atom is -0.350 e. The van der Waals surface area contributed by atoms with E-state index >= 15 is 0 Å². The van der Waals surface area contributed by atoms with Crippen LogP contribution in [0, 0.1) is 5.82 Å². The topological polar surface area (TPSA) is 32.3 Å². The predicted molar refractivity (Wildman–Crippen MR) is 73.2 cm³/mol. The molecule has 4 heteroatoms. The molecule has 0 aromatic heterocycles. The zero-order valence-electron chi connectivity index (χ0n) is 11.5. The van der Waals surface area contributed by atoms with Gasteiger partial charge in [0.05, 0.1) is 6.04 Å². The monoisotopic (exact) mass is 264 g/mol. The Morgan fingerprint density at radius 2 is 2.16 bits per heavy atom. The lowest BCUT2D eigenvalue weighted by molar-refractivity contribution is -0.122. The Morgan fingerprint density at radius 3 is 2.74 bits per heavy atom. The van der Waals surface area contributed by atoms with Crippen molar-refractivity contribution < 1.29 is 9.18 Å². The number of benzene rings is 1. The molecule has 1 aromatic rings. The molecule has 0 spiro atoms. The van der Waals surface area contributed by atoms with E-state index in [9.17, 15) is 9.18 Å². The summed E-state index contributed by atoms with van der Waals surface area (Å²) in [4.78, 5) is 14.2. The summed E-state index contributed by atoms with van der Waals surface area (Å²) in [6, 6.07) is 6.54. The summed E-state index contributed by atoms with van der Waals surface area (Å²) in [6.45, 7) is 3.00. The number of carbonyl (C=O) groups excluding carboxylic acids is 1. The number of nitrogens with zero attached hydrogens (tertiary/aromatic N) is 1. The van der Waals surface area contributed by atoms with Crippen LogP contribution in [0.4, 0.5) is 4.39 Å². The first-order valence-electron chi connectivity index (χ1n) is 6.81. The van der Waals surface area contributed by atoms with Crippen LogP contribution in [0.2, 0.25) is 0 Å². The molecule has 2 rings (SSSR count). The minimum atomic E-state index is -0.255. The number of halogens is 1. The largest absolute Gasteiger partial charge is 0.350 e. The number of hydrogen-bond donors (Lipinski definition) is 1. The van der Waals surface area contributed by atoms with Crippen molar-refractivity contribution in [1.29, 1.82) is 0 Å². The predicted octanol–water partition coefficient (Wildman–Crippen LogP) is 2.49. The number of carbonyl (C=O) groups is 1. The molecule has 1 fully saturated rings. The van der Waals surface area contributed by atoms with Crippen molar-refractivity contribution in [2.24, 2.45) is 0 Å². The molecule has 1 N–H and O–H groups in total. The van der Waals surface area contributed by atoms with Crippen LogP contribution in [0.1, 0.15) is 37.8 Å². The number of hydrogen-bond acceptors (Lipinski definition) is 2. The molecule has 1 aromatic carbocycles. The van der Waals surface area contributed by atoms with Crippen LogP contribution >= 0.6 is 0 Å². The van der Waals surface area contributed by atoms with E-state index in [0.717, 1.165) is 18.5 Å². The van der Waals surface area contributed by atoms with Gasteiger partial charge in [0.1, 0.15) is 5.82 Å². The van der Waals surface area contributed by atoms with E-state index in [2.05, 4.69) is 17.3 Å². The summed E-state index contributed by atoms with van der Waals surface area (Å²) in [5, 5.41) is 2.98. The van der Waals surface area contributed by atoms with E-state index in [4.69, 9.17) is 0 Å². The van der Waals surface area contributed by atoms with Crippen molar-refractivity contribution in [1.82, 2.24) is 10.2 Å². The Bertz CT molecular complexity index is 432. The van der Waals surface area contributed by atoms with Gasteiger partial charge in [-0.2, -0.15) is 0 Å². The van der Waals surface area contributed by atoms with Gasteiger partial charge in [-0.15, -0.1) is 0 Å². The van der Waals surface area contributed by atoms with E-state index < -0.39 is 0 Å². The molecule has 1 aliphatic rings. The van der Waals surface area contributed by atoms with Gasteiger partial charge in [0.15, 0.2) is 0 Å². The highest BCUT2D eigenvalue weighted by atomic mass is 19.1. The first kappa shape index (κ1) is 14.0. The van der Waals surface area contributed by atoms with Gasteiger partial charge in [0.25, 0.3) is 0 Å². The Morgan fingerprint density at radius 1 is 1.47 bits per heavy atom. The molecule has 104 valence electrons. The van der Waals surface area contributed by atoms with E-state index in [1.807, 2.05) is 6.92 Å². The summed E-state index contributed by atoms with van der Waals surface area (Å²) < 4.78 is 12.8. The molecule has 1 aliphatic heterocycles. The molecule has 0 radical (unpaired) electrons. The van der Waals surface area contributed by atoms with Gasteiger partial charge < -0.3 is 10.2 Å². The van der Waals surface area contributed by atoms with Crippen molar-refractivity contribution in [2.45, 2.75) is 38.3 Å². The van der Waals surface area contributed by atoms with Crippen LogP contribution in [0.15, 0.2) is 24.3 Å². The van der Waals surface area contributed by atoms with Gasteiger partial charge >= 0.3 is 0 Å². The molecule has 2 atom stereocenters. The summed E-state index contributed by atoms with van der Waals surface area (Å²) in [6.07, 6.45) is 2.80. The van der Waals surface area contributed by atoms with Crippen molar-refractivity contribution in [3.63, 3.8) is 0 Å². The summed E-state index contributed by atoms with van der Waals surface area (Å²) in [7, 11) is 2.06. The maximum atomic E-state index is 12.8. The third kappa shape index (κ3) is 3.77. The maximum Gasteiger partial charge on any atom is 0.222 e. The molecule has 1 amide bonds. The SMILES string of the molecule is CC(NC(=O)C[C@@H]1CCCN1C)c1ccc(F)cc1. The molecule has 19 heavy (non-hydrogen) atoms. The third-order valence-corrected chi connectivity index (χ3v) is 3.84. The van der Waals surface area contributed by atoms with Gasteiger partial charge in [-0.3, -0.25) is 4.79 Å². The number of amides is 1. The molecule has 3 nitrogen and oxygen atoms in total. The second kappa shape index (κ2) is 6.15. The Kier molecular flexibility index (Phi) is 4.53. The summed E-state index contributed by atoms with van der Waals surface area (Å²) >= 11 is 0. The maximum absolute atomic E-state index is 12.8. The molecule has 1 unspecified atom stereocenters. The first-order chi connectivity index (χ1) is 9.06. The van der Waals surface area contributed by atoms with Gasteiger partial charge in [0.2, 0.25) is 5.91 Å². The Balaban J connectivity index is 1.86. The first-order valence-corrected chi connectivity index (χ1v) is 6.81. The zero-order valence-corrected chi connectivity index (χ0v) is 11.5. The van der Waals surface area contributed by atoms with Crippen molar-refractivity contribution in [2.75, 3.05) is 13.6 Å². The number of rotatable bonds is 4. The highest BCUT2D eigenvalue weighted by Gasteiger charge is 2.23. The molecular formula is C15H21FN2O.